The van der Waals surface area contributed by atoms with Crippen LogP contribution in [-0.2, 0) is 0 Å². The molecule has 0 saturated carbocycles. The van der Waals surface area contributed by atoms with Gasteiger partial charge in [-0.15, -0.1) is 0 Å². The van der Waals surface area contributed by atoms with Crippen LogP contribution in [0.3, 0.4) is 0 Å². The van der Waals surface area contributed by atoms with Gasteiger partial charge < -0.3 is 10.2 Å². The molecule has 1 saturated heterocycles. The average Bonchev–Trinajstić information content (AvgIpc) is 2.48. The molecule has 0 spiro atoms. The predicted octanol–water partition coefficient (Wildman–Crippen LogP) is 3.33. The summed E-state index contributed by atoms with van der Waals surface area (Å²) in [5.41, 5.74) is 2.04. The molecule has 4 heteroatoms. The van der Waals surface area contributed by atoms with Gasteiger partial charge in [-0.3, -0.25) is 4.90 Å². The Bertz CT molecular complexity index is 453. The monoisotopic (exact) mass is 289 g/mol. The van der Waals surface area contributed by atoms with Gasteiger partial charge in [-0.05, 0) is 37.6 Å². The van der Waals surface area contributed by atoms with Crippen LogP contribution >= 0.6 is 0 Å². The van der Waals surface area contributed by atoms with E-state index >= 15 is 0 Å². The second kappa shape index (κ2) is 8.03. The summed E-state index contributed by atoms with van der Waals surface area (Å²) in [4.78, 5) is 16.6. The summed E-state index contributed by atoms with van der Waals surface area (Å²) in [6, 6.07) is 7.96. The lowest BCUT2D eigenvalue weighted by Crippen LogP contribution is -2.50. The van der Waals surface area contributed by atoms with Gasteiger partial charge in [0.15, 0.2) is 0 Å². The lowest BCUT2D eigenvalue weighted by Gasteiger charge is -2.34. The van der Waals surface area contributed by atoms with E-state index in [4.69, 9.17) is 0 Å². The number of urea groups is 1. The number of anilines is 1. The van der Waals surface area contributed by atoms with Crippen molar-refractivity contribution >= 4 is 11.7 Å². The molecule has 0 bridgehead atoms. The van der Waals surface area contributed by atoms with Crippen molar-refractivity contribution in [2.75, 3.05) is 38.0 Å². The standard InChI is InChI=1S/C17H27N3O/c1-3-4-5-9-19-10-12-20(13-11-19)17(21)18-16-8-6-7-15(2)14-16/h6-8,14H,3-5,9-13H2,1-2H3,(H,18,21). The smallest absolute Gasteiger partial charge is 0.321 e. The molecule has 0 aromatic heterocycles. The Morgan fingerprint density at radius 2 is 1.95 bits per heavy atom. The molecule has 21 heavy (non-hydrogen) atoms. The highest BCUT2D eigenvalue weighted by atomic mass is 16.2. The summed E-state index contributed by atoms with van der Waals surface area (Å²) in [5.74, 6) is 0. The molecule has 2 amide bonds. The lowest BCUT2D eigenvalue weighted by molar-refractivity contribution is 0.146. The number of nitrogens with zero attached hydrogens (tertiary/aromatic N) is 2. The Kier molecular flexibility index (Phi) is 6.05. The fraction of sp³-hybridized carbons (Fsp3) is 0.588. The van der Waals surface area contributed by atoms with Crippen molar-refractivity contribution in [1.82, 2.24) is 9.80 Å². The van der Waals surface area contributed by atoms with Crippen molar-refractivity contribution in [3.63, 3.8) is 0 Å². The number of amides is 2. The number of hydrogen-bond donors (Lipinski definition) is 1. The Labute approximate surface area is 128 Å². The molecule has 4 nitrogen and oxygen atoms in total. The van der Waals surface area contributed by atoms with E-state index in [1.165, 1.54) is 25.8 Å². The van der Waals surface area contributed by atoms with Gasteiger partial charge in [0.25, 0.3) is 0 Å². The van der Waals surface area contributed by atoms with E-state index in [2.05, 4.69) is 17.1 Å². The molecule has 1 aromatic carbocycles. The molecule has 0 radical (unpaired) electrons. The third kappa shape index (κ3) is 5.05. The Morgan fingerprint density at radius 1 is 1.19 bits per heavy atom. The number of benzene rings is 1. The van der Waals surface area contributed by atoms with Gasteiger partial charge in [0, 0.05) is 31.9 Å². The van der Waals surface area contributed by atoms with E-state index in [1.807, 2.05) is 36.1 Å². The van der Waals surface area contributed by atoms with Crippen LogP contribution in [0.25, 0.3) is 0 Å². The lowest BCUT2D eigenvalue weighted by atomic mass is 10.2. The normalized spacial score (nSPS) is 16.0. The largest absolute Gasteiger partial charge is 0.322 e. The number of rotatable bonds is 5. The summed E-state index contributed by atoms with van der Waals surface area (Å²) in [6.45, 7) is 9.06. The van der Waals surface area contributed by atoms with E-state index in [-0.39, 0.29) is 6.03 Å². The molecule has 1 aliphatic heterocycles. The summed E-state index contributed by atoms with van der Waals surface area (Å²) in [7, 11) is 0. The van der Waals surface area contributed by atoms with Gasteiger partial charge in [0.1, 0.15) is 0 Å². The second-order valence-corrected chi connectivity index (χ2v) is 5.84. The van der Waals surface area contributed by atoms with Crippen LogP contribution in [0.5, 0.6) is 0 Å². The van der Waals surface area contributed by atoms with Crippen molar-refractivity contribution < 1.29 is 4.79 Å². The van der Waals surface area contributed by atoms with E-state index < -0.39 is 0 Å². The van der Waals surface area contributed by atoms with Crippen LogP contribution < -0.4 is 5.32 Å². The molecule has 2 rings (SSSR count). The number of piperazine rings is 1. The van der Waals surface area contributed by atoms with Gasteiger partial charge in [-0.1, -0.05) is 31.9 Å². The molecular weight excluding hydrogens is 262 g/mol. The predicted molar refractivity (Wildman–Crippen MR) is 87.7 cm³/mol. The first kappa shape index (κ1) is 15.8. The van der Waals surface area contributed by atoms with Crippen molar-refractivity contribution in [3.8, 4) is 0 Å². The average molecular weight is 289 g/mol. The first-order valence-electron chi connectivity index (χ1n) is 8.04. The minimum atomic E-state index is 0.0220. The topological polar surface area (TPSA) is 35.6 Å². The summed E-state index contributed by atoms with van der Waals surface area (Å²) in [5, 5.41) is 2.99. The van der Waals surface area contributed by atoms with Crippen molar-refractivity contribution in [2.45, 2.75) is 33.1 Å². The summed E-state index contributed by atoms with van der Waals surface area (Å²) >= 11 is 0. The second-order valence-electron chi connectivity index (χ2n) is 5.84. The highest BCUT2D eigenvalue weighted by Gasteiger charge is 2.20. The van der Waals surface area contributed by atoms with Gasteiger partial charge in [-0.2, -0.15) is 0 Å². The molecular formula is C17H27N3O. The zero-order valence-corrected chi connectivity index (χ0v) is 13.3. The van der Waals surface area contributed by atoms with Crippen molar-refractivity contribution in [2.24, 2.45) is 0 Å². The summed E-state index contributed by atoms with van der Waals surface area (Å²) < 4.78 is 0. The van der Waals surface area contributed by atoms with Crippen LogP contribution in [0.4, 0.5) is 10.5 Å². The third-order valence-electron chi connectivity index (χ3n) is 4.01. The van der Waals surface area contributed by atoms with E-state index in [0.717, 1.165) is 37.4 Å². The van der Waals surface area contributed by atoms with Gasteiger partial charge in [-0.25, -0.2) is 4.79 Å². The number of nitrogens with one attached hydrogen (secondary N) is 1. The number of hydrogen-bond acceptors (Lipinski definition) is 2. The van der Waals surface area contributed by atoms with Crippen LogP contribution in [0, 0.1) is 6.92 Å². The van der Waals surface area contributed by atoms with Crippen LogP contribution in [-0.4, -0.2) is 48.6 Å². The van der Waals surface area contributed by atoms with Crippen LogP contribution in [0.2, 0.25) is 0 Å². The molecule has 1 aliphatic rings. The number of carbonyl (C=O) groups excluding carboxylic acids is 1. The molecule has 1 heterocycles. The third-order valence-corrected chi connectivity index (χ3v) is 4.01. The molecule has 1 aromatic rings. The highest BCUT2D eigenvalue weighted by Crippen LogP contribution is 2.12. The maximum Gasteiger partial charge on any atom is 0.321 e. The van der Waals surface area contributed by atoms with Crippen LogP contribution in [0.1, 0.15) is 31.7 Å². The first-order valence-corrected chi connectivity index (χ1v) is 8.04. The SMILES string of the molecule is CCCCCN1CCN(C(=O)Nc2cccc(C)c2)CC1. The van der Waals surface area contributed by atoms with Crippen LogP contribution in [0.15, 0.2) is 24.3 Å². The van der Waals surface area contributed by atoms with E-state index in [9.17, 15) is 4.79 Å². The van der Waals surface area contributed by atoms with E-state index in [1.54, 1.807) is 0 Å². The van der Waals surface area contributed by atoms with Gasteiger partial charge in [0.2, 0.25) is 0 Å². The Hall–Kier alpha value is -1.55. The summed E-state index contributed by atoms with van der Waals surface area (Å²) in [6.07, 6.45) is 3.83. The molecule has 0 atom stereocenters. The Balaban J connectivity index is 1.75. The van der Waals surface area contributed by atoms with Gasteiger partial charge in [0.05, 0.1) is 0 Å². The van der Waals surface area contributed by atoms with E-state index in [0.29, 0.717) is 0 Å². The maximum absolute atomic E-state index is 12.2. The fourth-order valence-corrected chi connectivity index (χ4v) is 2.69. The van der Waals surface area contributed by atoms with Crippen molar-refractivity contribution in [1.29, 1.82) is 0 Å². The minimum Gasteiger partial charge on any atom is -0.322 e. The highest BCUT2D eigenvalue weighted by molar-refractivity contribution is 5.89. The number of aryl methyl sites for hydroxylation is 1. The quantitative estimate of drug-likeness (QED) is 0.844. The fourth-order valence-electron chi connectivity index (χ4n) is 2.69. The number of unbranched alkanes of at least 4 members (excludes halogenated alkanes) is 2. The molecule has 0 unspecified atom stereocenters. The van der Waals surface area contributed by atoms with Gasteiger partial charge >= 0.3 is 6.03 Å². The minimum absolute atomic E-state index is 0.0220. The Morgan fingerprint density at radius 3 is 2.62 bits per heavy atom. The molecule has 0 aliphatic carbocycles. The molecule has 1 N–H and O–H groups in total. The number of carbonyl (C=O) groups is 1. The maximum atomic E-state index is 12.2. The molecule has 116 valence electrons. The van der Waals surface area contributed by atoms with Crippen molar-refractivity contribution in [3.05, 3.63) is 29.8 Å². The molecule has 1 fully saturated rings. The zero-order chi connectivity index (χ0) is 15.1. The zero-order valence-electron chi connectivity index (χ0n) is 13.3. The first-order chi connectivity index (χ1) is 10.2.